The van der Waals surface area contributed by atoms with Gasteiger partial charge in [-0.1, -0.05) is 6.92 Å². The molecule has 0 spiro atoms. The fourth-order valence-corrected chi connectivity index (χ4v) is 1.75. The average molecular weight is 255 g/mol. The highest BCUT2D eigenvalue weighted by molar-refractivity contribution is 5.97. The zero-order chi connectivity index (χ0) is 13.7. The summed E-state index contributed by atoms with van der Waals surface area (Å²) in [6.07, 6.45) is 0.948. The molecule has 0 aliphatic carbocycles. The van der Waals surface area contributed by atoms with Crippen molar-refractivity contribution in [1.29, 1.82) is 0 Å². The third-order valence-corrected chi connectivity index (χ3v) is 2.83. The molecule has 0 heterocycles. The van der Waals surface area contributed by atoms with Crippen molar-refractivity contribution >= 4 is 5.78 Å². The predicted octanol–water partition coefficient (Wildman–Crippen LogP) is 3.27. The molecule has 100 valence electrons. The van der Waals surface area contributed by atoms with Gasteiger partial charge in [0.05, 0.1) is 6.54 Å². The van der Waals surface area contributed by atoms with Crippen LogP contribution in [0.3, 0.4) is 0 Å². The molecule has 1 aromatic rings. The number of hydrogen-bond donors (Lipinski definition) is 0. The first kappa shape index (κ1) is 14.8. The Kier molecular flexibility index (Phi) is 5.41. The van der Waals surface area contributed by atoms with Crippen LogP contribution in [0.25, 0.3) is 0 Å². The van der Waals surface area contributed by atoms with Crippen molar-refractivity contribution in [2.24, 2.45) is 0 Å². The highest BCUT2D eigenvalue weighted by Gasteiger charge is 2.15. The number of Topliss-reactive ketones (excluding diaryl/α,β-unsaturated/α-hetero) is 1. The third kappa shape index (κ3) is 3.88. The normalized spacial score (nSPS) is 11.3. The maximum Gasteiger partial charge on any atom is 0.176 e. The van der Waals surface area contributed by atoms with E-state index in [4.69, 9.17) is 0 Å². The fourth-order valence-electron chi connectivity index (χ4n) is 1.75. The Balaban J connectivity index is 2.77. The molecular weight excluding hydrogens is 236 g/mol. The number of hydrogen-bond acceptors (Lipinski definition) is 2. The smallest absolute Gasteiger partial charge is 0.176 e. The Bertz CT molecular complexity index is 418. The van der Waals surface area contributed by atoms with E-state index in [1.54, 1.807) is 0 Å². The Morgan fingerprint density at radius 2 is 1.94 bits per heavy atom. The SMILES string of the molecule is CCCN(CC(=O)c1ccc(F)c(F)c1)C(C)C. The van der Waals surface area contributed by atoms with Gasteiger partial charge in [0.1, 0.15) is 0 Å². The highest BCUT2D eigenvalue weighted by Crippen LogP contribution is 2.11. The molecule has 0 amide bonds. The number of benzene rings is 1. The molecule has 0 unspecified atom stereocenters. The molecule has 0 N–H and O–H groups in total. The van der Waals surface area contributed by atoms with Crippen LogP contribution in [-0.4, -0.2) is 29.8 Å². The minimum absolute atomic E-state index is 0.184. The standard InChI is InChI=1S/C14H19F2NO/c1-4-7-17(10(2)3)9-14(18)11-5-6-12(15)13(16)8-11/h5-6,8,10H,4,7,9H2,1-3H3. The van der Waals surface area contributed by atoms with Crippen LogP contribution in [0.15, 0.2) is 18.2 Å². The molecule has 0 fully saturated rings. The Hall–Kier alpha value is -1.29. The van der Waals surface area contributed by atoms with E-state index in [1.807, 2.05) is 25.7 Å². The minimum atomic E-state index is -0.979. The molecule has 0 radical (unpaired) electrons. The summed E-state index contributed by atoms with van der Waals surface area (Å²) in [6, 6.07) is 3.52. The van der Waals surface area contributed by atoms with E-state index in [0.29, 0.717) is 0 Å². The summed E-state index contributed by atoms with van der Waals surface area (Å²) >= 11 is 0. The summed E-state index contributed by atoms with van der Waals surface area (Å²) < 4.78 is 25.8. The first-order valence-corrected chi connectivity index (χ1v) is 6.18. The second-order valence-electron chi connectivity index (χ2n) is 4.62. The van der Waals surface area contributed by atoms with Crippen LogP contribution in [0.2, 0.25) is 0 Å². The van der Waals surface area contributed by atoms with Crippen molar-refractivity contribution in [3.05, 3.63) is 35.4 Å². The van der Waals surface area contributed by atoms with E-state index in [9.17, 15) is 13.6 Å². The van der Waals surface area contributed by atoms with Gasteiger partial charge in [-0.25, -0.2) is 8.78 Å². The minimum Gasteiger partial charge on any atom is -0.293 e. The second-order valence-corrected chi connectivity index (χ2v) is 4.62. The van der Waals surface area contributed by atoms with Crippen molar-refractivity contribution in [1.82, 2.24) is 4.90 Å². The topological polar surface area (TPSA) is 20.3 Å². The molecule has 0 atom stereocenters. The highest BCUT2D eigenvalue weighted by atomic mass is 19.2. The zero-order valence-corrected chi connectivity index (χ0v) is 11.0. The molecule has 0 aliphatic heterocycles. The van der Waals surface area contributed by atoms with Gasteiger partial charge in [0.2, 0.25) is 0 Å². The lowest BCUT2D eigenvalue weighted by atomic mass is 10.1. The summed E-state index contributed by atoms with van der Waals surface area (Å²) in [4.78, 5) is 14.0. The molecule has 0 aliphatic rings. The van der Waals surface area contributed by atoms with E-state index in [1.165, 1.54) is 6.07 Å². The fraction of sp³-hybridized carbons (Fsp3) is 0.500. The molecule has 0 saturated carbocycles. The molecular formula is C14H19F2NO. The van der Waals surface area contributed by atoms with Crippen LogP contribution in [0.1, 0.15) is 37.6 Å². The Morgan fingerprint density at radius 3 is 2.44 bits per heavy atom. The zero-order valence-electron chi connectivity index (χ0n) is 11.0. The molecule has 18 heavy (non-hydrogen) atoms. The number of carbonyl (C=O) groups is 1. The number of halogens is 2. The molecule has 2 nitrogen and oxygen atoms in total. The van der Waals surface area contributed by atoms with Crippen LogP contribution >= 0.6 is 0 Å². The van der Waals surface area contributed by atoms with Gasteiger partial charge in [0.25, 0.3) is 0 Å². The van der Waals surface area contributed by atoms with Crippen LogP contribution < -0.4 is 0 Å². The number of rotatable bonds is 6. The van der Waals surface area contributed by atoms with E-state index < -0.39 is 11.6 Å². The quantitative estimate of drug-likeness (QED) is 0.727. The third-order valence-electron chi connectivity index (χ3n) is 2.83. The summed E-state index contributed by atoms with van der Waals surface area (Å²) in [6.45, 7) is 7.10. The number of ketones is 1. The van der Waals surface area contributed by atoms with Gasteiger partial charge < -0.3 is 0 Å². The Morgan fingerprint density at radius 1 is 1.28 bits per heavy atom. The summed E-state index contributed by atoms with van der Waals surface area (Å²) in [7, 11) is 0. The lowest BCUT2D eigenvalue weighted by Gasteiger charge is -2.25. The van der Waals surface area contributed by atoms with Gasteiger partial charge in [-0.15, -0.1) is 0 Å². The largest absolute Gasteiger partial charge is 0.293 e. The van der Waals surface area contributed by atoms with E-state index >= 15 is 0 Å². The molecule has 0 saturated heterocycles. The van der Waals surface area contributed by atoms with Crippen molar-refractivity contribution in [2.75, 3.05) is 13.1 Å². The monoisotopic (exact) mass is 255 g/mol. The van der Waals surface area contributed by atoms with Gasteiger partial charge >= 0.3 is 0 Å². The van der Waals surface area contributed by atoms with Crippen LogP contribution in [0, 0.1) is 11.6 Å². The molecule has 0 aromatic heterocycles. The first-order valence-electron chi connectivity index (χ1n) is 6.18. The maximum atomic E-state index is 13.0. The van der Waals surface area contributed by atoms with Gasteiger partial charge in [-0.3, -0.25) is 9.69 Å². The van der Waals surface area contributed by atoms with E-state index in [-0.39, 0.29) is 23.9 Å². The molecule has 1 aromatic carbocycles. The number of nitrogens with zero attached hydrogens (tertiary/aromatic N) is 1. The lowest BCUT2D eigenvalue weighted by Crippen LogP contribution is -2.36. The van der Waals surface area contributed by atoms with Crippen LogP contribution in [-0.2, 0) is 0 Å². The van der Waals surface area contributed by atoms with Gasteiger partial charge in [-0.05, 0) is 45.0 Å². The summed E-state index contributed by atoms with van der Waals surface area (Å²) in [5.74, 6) is -2.09. The van der Waals surface area contributed by atoms with Gasteiger partial charge in [0, 0.05) is 11.6 Å². The van der Waals surface area contributed by atoms with Gasteiger partial charge in [-0.2, -0.15) is 0 Å². The van der Waals surface area contributed by atoms with Crippen molar-refractivity contribution in [2.45, 2.75) is 33.2 Å². The second kappa shape index (κ2) is 6.59. The van der Waals surface area contributed by atoms with Gasteiger partial charge in [0.15, 0.2) is 17.4 Å². The summed E-state index contributed by atoms with van der Waals surface area (Å²) in [5.41, 5.74) is 0.218. The molecule has 1 rings (SSSR count). The van der Waals surface area contributed by atoms with Crippen molar-refractivity contribution in [3.8, 4) is 0 Å². The Labute approximate surface area is 107 Å². The van der Waals surface area contributed by atoms with Crippen LogP contribution in [0.5, 0.6) is 0 Å². The van der Waals surface area contributed by atoms with Crippen molar-refractivity contribution in [3.63, 3.8) is 0 Å². The summed E-state index contributed by atoms with van der Waals surface area (Å²) in [5, 5.41) is 0. The lowest BCUT2D eigenvalue weighted by molar-refractivity contribution is 0.0905. The van der Waals surface area contributed by atoms with Crippen molar-refractivity contribution < 1.29 is 13.6 Å². The van der Waals surface area contributed by atoms with E-state index in [0.717, 1.165) is 25.1 Å². The van der Waals surface area contributed by atoms with E-state index in [2.05, 4.69) is 0 Å². The molecule has 0 bridgehead atoms. The first-order chi connectivity index (χ1) is 8.45. The average Bonchev–Trinajstić information content (AvgIpc) is 2.31. The predicted molar refractivity (Wildman–Crippen MR) is 67.7 cm³/mol. The van der Waals surface area contributed by atoms with Crippen LogP contribution in [0.4, 0.5) is 8.78 Å². The number of carbonyl (C=O) groups excluding carboxylic acids is 1. The molecule has 4 heteroatoms. The maximum absolute atomic E-state index is 13.0.